The molecule has 0 spiro atoms. The molecule has 1 saturated heterocycles. The van der Waals surface area contributed by atoms with Crippen LogP contribution in [0.3, 0.4) is 0 Å². The van der Waals surface area contributed by atoms with E-state index in [2.05, 4.69) is 15.3 Å². The Bertz CT molecular complexity index is 879. The number of benzene rings is 1. The number of aryl methyl sites for hydroxylation is 1. The highest BCUT2D eigenvalue weighted by atomic mass is 19.4. The van der Waals surface area contributed by atoms with Gasteiger partial charge in [0, 0.05) is 44.4 Å². The van der Waals surface area contributed by atoms with E-state index in [1.54, 1.807) is 12.3 Å². The summed E-state index contributed by atoms with van der Waals surface area (Å²) in [7, 11) is 0. The third-order valence-corrected chi connectivity index (χ3v) is 4.92. The summed E-state index contributed by atoms with van der Waals surface area (Å²) in [5.41, 5.74) is 0.590. The molecule has 2 heterocycles. The molecule has 1 aromatic carbocycles. The first-order valence-electron chi connectivity index (χ1n) is 9.44. The zero-order chi connectivity index (χ0) is 21.0. The Morgan fingerprint density at radius 1 is 1.38 bits per heavy atom. The molecule has 2 aromatic rings. The molecular weight excluding hydrogens is 385 g/mol. The van der Waals surface area contributed by atoms with Crippen molar-refractivity contribution in [3.63, 3.8) is 0 Å². The number of nitrogens with zero attached hydrogens (tertiary/aromatic N) is 2. The predicted molar refractivity (Wildman–Crippen MR) is 99.6 cm³/mol. The topological polar surface area (TPSA) is 78.1 Å². The van der Waals surface area contributed by atoms with Crippen molar-refractivity contribution in [1.82, 2.24) is 20.2 Å². The van der Waals surface area contributed by atoms with Crippen LogP contribution in [0.25, 0.3) is 0 Å². The number of amides is 2. The van der Waals surface area contributed by atoms with Gasteiger partial charge in [0.05, 0.1) is 11.5 Å². The van der Waals surface area contributed by atoms with E-state index in [4.69, 9.17) is 0 Å². The number of alkyl halides is 3. The monoisotopic (exact) mass is 408 g/mol. The zero-order valence-corrected chi connectivity index (χ0v) is 16.1. The van der Waals surface area contributed by atoms with Crippen molar-refractivity contribution in [3.8, 4) is 0 Å². The first-order chi connectivity index (χ1) is 13.7. The molecule has 0 radical (unpaired) electrons. The van der Waals surface area contributed by atoms with Gasteiger partial charge in [-0.1, -0.05) is 12.1 Å². The van der Waals surface area contributed by atoms with Gasteiger partial charge in [-0.25, -0.2) is 4.98 Å². The van der Waals surface area contributed by atoms with Crippen LogP contribution in [0.15, 0.2) is 30.5 Å². The van der Waals surface area contributed by atoms with Crippen LogP contribution in [0.4, 0.5) is 13.2 Å². The number of nitrogens with one attached hydrogen (secondary N) is 2. The smallest absolute Gasteiger partial charge is 0.355 e. The number of piperidine rings is 1. The lowest BCUT2D eigenvalue weighted by Crippen LogP contribution is -2.45. The van der Waals surface area contributed by atoms with Crippen LogP contribution >= 0.6 is 0 Å². The highest BCUT2D eigenvalue weighted by Crippen LogP contribution is 2.30. The Hall–Kier alpha value is -2.84. The molecule has 1 aliphatic heterocycles. The summed E-state index contributed by atoms with van der Waals surface area (Å²) in [4.78, 5) is 33.4. The summed E-state index contributed by atoms with van der Waals surface area (Å²) in [6, 6.07) is 4.92. The molecule has 0 aliphatic carbocycles. The van der Waals surface area contributed by atoms with Gasteiger partial charge < -0.3 is 15.2 Å². The van der Waals surface area contributed by atoms with Crippen LogP contribution in [0, 0.1) is 12.8 Å². The Labute approximate surface area is 166 Å². The minimum absolute atomic E-state index is 0.0538. The molecule has 156 valence electrons. The number of halogens is 3. The second-order valence-electron chi connectivity index (χ2n) is 7.26. The maximum absolute atomic E-state index is 12.9. The van der Waals surface area contributed by atoms with Crippen LogP contribution in [0.1, 0.15) is 35.5 Å². The summed E-state index contributed by atoms with van der Waals surface area (Å²) < 4.78 is 38.7. The van der Waals surface area contributed by atoms with Crippen LogP contribution in [-0.4, -0.2) is 39.8 Å². The number of aromatic nitrogens is 2. The van der Waals surface area contributed by atoms with E-state index in [1.807, 2.05) is 6.92 Å². The van der Waals surface area contributed by atoms with Crippen molar-refractivity contribution < 1.29 is 22.8 Å². The molecule has 2 amide bonds. The summed E-state index contributed by atoms with van der Waals surface area (Å²) in [5.74, 6) is 0.0944. The van der Waals surface area contributed by atoms with Crippen molar-refractivity contribution in [2.75, 3.05) is 13.1 Å². The highest BCUT2D eigenvalue weighted by molar-refractivity contribution is 5.83. The quantitative estimate of drug-likeness (QED) is 0.772. The molecule has 0 saturated carbocycles. The van der Waals surface area contributed by atoms with E-state index >= 15 is 0 Å². The second-order valence-corrected chi connectivity index (χ2v) is 7.26. The third-order valence-electron chi connectivity index (χ3n) is 4.92. The first kappa shape index (κ1) is 20.9. The van der Waals surface area contributed by atoms with Crippen LogP contribution in [0.2, 0.25) is 0 Å². The fourth-order valence-corrected chi connectivity index (χ4v) is 3.39. The standard InChI is InChI=1S/C20H23F3N4O2/c1-13-10-25-17(26-13)7-8-24-19(29)15-5-6-18(28)27(12-15)11-14-3-2-4-16(9-14)20(21,22)23/h2-4,9-10,15H,5-8,11-12H2,1H3,(H,24,29)(H,25,26). The van der Waals surface area contributed by atoms with Crippen molar-refractivity contribution in [2.45, 2.75) is 38.9 Å². The third kappa shape index (κ3) is 5.58. The van der Waals surface area contributed by atoms with Crippen molar-refractivity contribution in [2.24, 2.45) is 5.92 Å². The maximum atomic E-state index is 12.9. The Kier molecular flexibility index (Phi) is 6.24. The lowest BCUT2D eigenvalue weighted by atomic mass is 9.96. The summed E-state index contributed by atoms with van der Waals surface area (Å²) in [5, 5.41) is 2.85. The van der Waals surface area contributed by atoms with Gasteiger partial charge in [0.1, 0.15) is 5.82 Å². The van der Waals surface area contributed by atoms with Crippen LogP contribution in [0.5, 0.6) is 0 Å². The second kappa shape index (κ2) is 8.67. The number of carbonyl (C=O) groups is 2. The maximum Gasteiger partial charge on any atom is 0.416 e. The average molecular weight is 408 g/mol. The molecule has 1 fully saturated rings. The average Bonchev–Trinajstić information content (AvgIpc) is 3.08. The Balaban J connectivity index is 1.55. The molecule has 6 nitrogen and oxygen atoms in total. The van der Waals surface area contributed by atoms with Gasteiger partial charge in [-0.2, -0.15) is 13.2 Å². The largest absolute Gasteiger partial charge is 0.416 e. The van der Waals surface area contributed by atoms with Crippen molar-refractivity contribution >= 4 is 11.8 Å². The fourth-order valence-electron chi connectivity index (χ4n) is 3.39. The Morgan fingerprint density at radius 3 is 2.86 bits per heavy atom. The van der Waals surface area contributed by atoms with E-state index in [1.165, 1.54) is 11.0 Å². The fraction of sp³-hybridized carbons (Fsp3) is 0.450. The number of hydrogen-bond acceptors (Lipinski definition) is 3. The normalized spacial score (nSPS) is 17.4. The number of carbonyl (C=O) groups excluding carboxylic acids is 2. The molecule has 1 aliphatic rings. The summed E-state index contributed by atoms with van der Waals surface area (Å²) >= 11 is 0. The van der Waals surface area contributed by atoms with Gasteiger partial charge in [-0.15, -0.1) is 0 Å². The van der Waals surface area contributed by atoms with Gasteiger partial charge in [0.25, 0.3) is 0 Å². The SMILES string of the molecule is Cc1cnc(CCNC(=O)C2CCC(=O)N(Cc3cccc(C(F)(F)F)c3)C2)[nH]1. The number of imidazole rings is 1. The minimum Gasteiger partial charge on any atom is -0.355 e. The van der Waals surface area contributed by atoms with Crippen molar-refractivity contribution in [1.29, 1.82) is 0 Å². The lowest BCUT2D eigenvalue weighted by molar-refractivity contribution is -0.139. The number of hydrogen-bond donors (Lipinski definition) is 2. The van der Waals surface area contributed by atoms with Gasteiger partial charge in [-0.05, 0) is 31.0 Å². The van der Waals surface area contributed by atoms with Gasteiger partial charge in [-0.3, -0.25) is 9.59 Å². The Morgan fingerprint density at radius 2 is 2.17 bits per heavy atom. The summed E-state index contributed by atoms with van der Waals surface area (Å²) in [6.45, 7) is 2.57. The number of rotatable bonds is 6. The van der Waals surface area contributed by atoms with Gasteiger partial charge in [0.15, 0.2) is 0 Å². The van der Waals surface area contributed by atoms with Gasteiger partial charge >= 0.3 is 6.18 Å². The van der Waals surface area contributed by atoms with Gasteiger partial charge in [0.2, 0.25) is 11.8 Å². The lowest BCUT2D eigenvalue weighted by Gasteiger charge is -2.32. The number of H-pyrrole nitrogens is 1. The molecule has 29 heavy (non-hydrogen) atoms. The van der Waals surface area contributed by atoms with E-state index in [-0.39, 0.29) is 37.2 Å². The van der Waals surface area contributed by atoms with E-state index in [0.29, 0.717) is 24.9 Å². The summed E-state index contributed by atoms with van der Waals surface area (Å²) in [6.07, 6.45) is -1.51. The minimum atomic E-state index is -4.43. The molecule has 1 atom stereocenters. The van der Waals surface area contributed by atoms with Crippen LogP contribution in [-0.2, 0) is 28.7 Å². The zero-order valence-electron chi connectivity index (χ0n) is 16.1. The predicted octanol–water partition coefficient (Wildman–Crippen LogP) is 2.83. The molecule has 2 N–H and O–H groups in total. The number of likely N-dealkylation sites (tertiary alicyclic amines) is 1. The van der Waals surface area contributed by atoms with E-state index in [9.17, 15) is 22.8 Å². The molecular formula is C20H23F3N4O2. The first-order valence-corrected chi connectivity index (χ1v) is 9.44. The highest BCUT2D eigenvalue weighted by Gasteiger charge is 2.32. The number of aromatic amines is 1. The van der Waals surface area contributed by atoms with Crippen molar-refractivity contribution in [3.05, 3.63) is 53.1 Å². The van der Waals surface area contributed by atoms with E-state index in [0.717, 1.165) is 23.7 Å². The van der Waals surface area contributed by atoms with Crippen LogP contribution < -0.4 is 5.32 Å². The van der Waals surface area contributed by atoms with E-state index < -0.39 is 11.7 Å². The molecule has 9 heteroatoms. The molecule has 3 rings (SSSR count). The molecule has 0 bridgehead atoms. The molecule has 1 unspecified atom stereocenters. The molecule has 1 aromatic heterocycles.